The van der Waals surface area contributed by atoms with Gasteiger partial charge in [0.1, 0.15) is 0 Å². The average molecular weight is 339 g/mol. The average Bonchev–Trinajstić information content (AvgIpc) is 2.64. The first-order valence-corrected chi connectivity index (χ1v) is 8.62. The molecule has 1 aliphatic heterocycles. The van der Waals surface area contributed by atoms with Crippen LogP contribution in [0.3, 0.4) is 0 Å². The number of nitrogens with zero attached hydrogens (tertiary/aromatic N) is 2. The van der Waals surface area contributed by atoms with Crippen LogP contribution in [0.1, 0.15) is 11.1 Å². The summed E-state index contributed by atoms with van der Waals surface area (Å²) in [7, 11) is 1.86. The van der Waals surface area contributed by atoms with Gasteiger partial charge in [-0.2, -0.15) is 0 Å². The number of hydrogen-bond acceptors (Lipinski definition) is 4. The van der Waals surface area contributed by atoms with Crippen molar-refractivity contribution in [1.82, 2.24) is 4.90 Å². The highest BCUT2D eigenvalue weighted by Gasteiger charge is 2.17. The van der Waals surface area contributed by atoms with E-state index < -0.39 is 0 Å². The number of benzene rings is 2. The number of likely N-dealkylation sites (N-methyl/N-ethyl adjacent to an activating group) is 1. The van der Waals surface area contributed by atoms with Gasteiger partial charge in [-0.15, -0.1) is 0 Å². The number of anilines is 2. The molecule has 1 heterocycles. The van der Waals surface area contributed by atoms with Crippen molar-refractivity contribution in [3.63, 3.8) is 0 Å². The van der Waals surface area contributed by atoms with E-state index in [1.54, 1.807) is 4.90 Å². The highest BCUT2D eigenvalue weighted by atomic mass is 16.5. The molecule has 0 unspecified atom stereocenters. The number of rotatable bonds is 5. The van der Waals surface area contributed by atoms with Crippen LogP contribution < -0.4 is 10.6 Å². The third-order valence-electron chi connectivity index (χ3n) is 4.51. The second-order valence-corrected chi connectivity index (χ2v) is 6.40. The molecule has 1 fully saturated rings. The van der Waals surface area contributed by atoms with Gasteiger partial charge in [0.05, 0.1) is 19.6 Å². The van der Waals surface area contributed by atoms with Crippen LogP contribution in [0, 0.1) is 0 Å². The highest BCUT2D eigenvalue weighted by molar-refractivity contribution is 5.78. The third-order valence-corrected chi connectivity index (χ3v) is 4.51. The summed E-state index contributed by atoms with van der Waals surface area (Å²) in [5.41, 5.74) is 9.75. The highest BCUT2D eigenvalue weighted by Crippen LogP contribution is 2.23. The Morgan fingerprint density at radius 1 is 1.12 bits per heavy atom. The molecule has 1 aliphatic rings. The van der Waals surface area contributed by atoms with Crippen molar-refractivity contribution in [2.45, 2.75) is 13.0 Å². The van der Waals surface area contributed by atoms with Gasteiger partial charge in [-0.1, -0.05) is 30.3 Å². The molecule has 1 amide bonds. The molecule has 25 heavy (non-hydrogen) atoms. The zero-order chi connectivity index (χ0) is 17.6. The first kappa shape index (κ1) is 17.3. The molecule has 0 spiro atoms. The zero-order valence-corrected chi connectivity index (χ0v) is 14.6. The Labute approximate surface area is 149 Å². The van der Waals surface area contributed by atoms with E-state index in [1.165, 1.54) is 5.69 Å². The molecule has 2 aromatic carbocycles. The number of nitrogens with two attached hydrogens (primary N) is 1. The lowest BCUT2D eigenvalue weighted by molar-refractivity contribution is -0.129. The summed E-state index contributed by atoms with van der Waals surface area (Å²) in [5, 5.41) is 0. The molecule has 0 aromatic heterocycles. The summed E-state index contributed by atoms with van der Waals surface area (Å²) >= 11 is 0. The van der Waals surface area contributed by atoms with Gasteiger partial charge in [-0.05, 0) is 29.3 Å². The van der Waals surface area contributed by atoms with Crippen LogP contribution >= 0.6 is 0 Å². The molecule has 1 saturated heterocycles. The second-order valence-electron chi connectivity index (χ2n) is 6.40. The van der Waals surface area contributed by atoms with Crippen LogP contribution in [0.4, 0.5) is 11.4 Å². The minimum atomic E-state index is 0.0987. The van der Waals surface area contributed by atoms with Gasteiger partial charge in [-0.25, -0.2) is 0 Å². The smallest absolute Gasteiger partial charge is 0.227 e. The second kappa shape index (κ2) is 8.03. The Morgan fingerprint density at radius 2 is 1.80 bits per heavy atom. The van der Waals surface area contributed by atoms with Crippen molar-refractivity contribution in [3.8, 4) is 0 Å². The summed E-state index contributed by atoms with van der Waals surface area (Å²) in [5.74, 6) is 0.0987. The van der Waals surface area contributed by atoms with Gasteiger partial charge < -0.3 is 20.3 Å². The van der Waals surface area contributed by atoms with Crippen LogP contribution in [0.2, 0.25) is 0 Å². The number of carbonyl (C=O) groups is 1. The number of para-hydroxylation sites is 1. The minimum Gasteiger partial charge on any atom is -0.399 e. The topological polar surface area (TPSA) is 58.8 Å². The fraction of sp³-hybridized carbons (Fsp3) is 0.350. The molecule has 0 bridgehead atoms. The van der Waals surface area contributed by atoms with Crippen molar-refractivity contribution >= 4 is 17.3 Å². The molecule has 5 nitrogen and oxygen atoms in total. The lowest BCUT2D eigenvalue weighted by Crippen LogP contribution is -2.37. The molecule has 0 radical (unpaired) electrons. The first-order chi connectivity index (χ1) is 12.1. The first-order valence-electron chi connectivity index (χ1n) is 8.62. The number of hydrogen-bond donors (Lipinski definition) is 1. The maximum Gasteiger partial charge on any atom is 0.227 e. The van der Waals surface area contributed by atoms with Crippen LogP contribution in [-0.2, 0) is 22.5 Å². The quantitative estimate of drug-likeness (QED) is 0.849. The number of ether oxygens (including phenoxy) is 1. The molecule has 0 aliphatic carbocycles. The number of amides is 1. The van der Waals surface area contributed by atoms with E-state index in [2.05, 4.69) is 17.0 Å². The fourth-order valence-electron chi connectivity index (χ4n) is 3.05. The maximum absolute atomic E-state index is 12.6. The van der Waals surface area contributed by atoms with E-state index in [0.29, 0.717) is 18.7 Å². The Balaban J connectivity index is 1.66. The molecule has 0 atom stereocenters. The van der Waals surface area contributed by atoms with Crippen molar-refractivity contribution in [2.24, 2.45) is 0 Å². The van der Waals surface area contributed by atoms with E-state index in [9.17, 15) is 4.79 Å². The molecular formula is C20H25N3O2. The lowest BCUT2D eigenvalue weighted by Gasteiger charge is -2.31. The molecule has 5 heteroatoms. The predicted molar refractivity (Wildman–Crippen MR) is 101 cm³/mol. The fourth-order valence-corrected chi connectivity index (χ4v) is 3.05. The van der Waals surface area contributed by atoms with Crippen LogP contribution in [-0.4, -0.2) is 44.2 Å². The maximum atomic E-state index is 12.6. The van der Waals surface area contributed by atoms with Gasteiger partial charge in [0.15, 0.2) is 0 Å². The van der Waals surface area contributed by atoms with E-state index in [1.807, 2.05) is 43.4 Å². The Kier molecular flexibility index (Phi) is 5.56. The summed E-state index contributed by atoms with van der Waals surface area (Å²) in [4.78, 5) is 16.7. The van der Waals surface area contributed by atoms with E-state index in [4.69, 9.17) is 10.5 Å². The summed E-state index contributed by atoms with van der Waals surface area (Å²) in [6.45, 7) is 3.88. The molecule has 2 aromatic rings. The summed E-state index contributed by atoms with van der Waals surface area (Å²) in [6, 6.07) is 15.8. The number of nitrogen functional groups attached to an aromatic ring is 1. The largest absolute Gasteiger partial charge is 0.399 e. The normalized spacial score (nSPS) is 14.4. The van der Waals surface area contributed by atoms with E-state index in [0.717, 1.165) is 37.4 Å². The predicted octanol–water partition coefficient (Wildman–Crippen LogP) is 2.31. The third kappa shape index (κ3) is 4.51. The SMILES string of the molecule is CN(Cc1ccccc1N1CCOCC1)C(=O)Cc1ccc(N)cc1. The Bertz CT molecular complexity index is 709. The van der Waals surface area contributed by atoms with Gasteiger partial charge in [-0.3, -0.25) is 4.79 Å². The molecule has 2 N–H and O–H groups in total. The van der Waals surface area contributed by atoms with Gasteiger partial charge in [0, 0.05) is 38.1 Å². The van der Waals surface area contributed by atoms with E-state index in [-0.39, 0.29) is 5.91 Å². The number of carbonyl (C=O) groups excluding carboxylic acids is 1. The van der Waals surface area contributed by atoms with Gasteiger partial charge in [0.25, 0.3) is 0 Å². The van der Waals surface area contributed by atoms with Crippen molar-refractivity contribution in [3.05, 3.63) is 59.7 Å². The van der Waals surface area contributed by atoms with Crippen molar-refractivity contribution in [1.29, 1.82) is 0 Å². The molecular weight excluding hydrogens is 314 g/mol. The van der Waals surface area contributed by atoms with Crippen LogP contribution in [0.15, 0.2) is 48.5 Å². The van der Waals surface area contributed by atoms with Gasteiger partial charge >= 0.3 is 0 Å². The summed E-state index contributed by atoms with van der Waals surface area (Å²) in [6.07, 6.45) is 0.385. The van der Waals surface area contributed by atoms with Crippen LogP contribution in [0.5, 0.6) is 0 Å². The Hall–Kier alpha value is -2.53. The lowest BCUT2D eigenvalue weighted by atomic mass is 10.1. The molecule has 132 valence electrons. The van der Waals surface area contributed by atoms with Crippen molar-refractivity contribution in [2.75, 3.05) is 44.0 Å². The standard InChI is InChI=1S/C20H25N3O2/c1-22(20(24)14-16-6-8-18(21)9-7-16)15-17-4-2-3-5-19(17)23-10-12-25-13-11-23/h2-9H,10-15,21H2,1H3. The number of morpholine rings is 1. The van der Waals surface area contributed by atoms with Crippen molar-refractivity contribution < 1.29 is 9.53 Å². The van der Waals surface area contributed by atoms with Crippen LogP contribution in [0.25, 0.3) is 0 Å². The zero-order valence-electron chi connectivity index (χ0n) is 14.6. The Morgan fingerprint density at radius 3 is 2.52 bits per heavy atom. The van der Waals surface area contributed by atoms with E-state index >= 15 is 0 Å². The molecule has 3 rings (SSSR count). The van der Waals surface area contributed by atoms with Gasteiger partial charge in [0.2, 0.25) is 5.91 Å². The molecule has 0 saturated carbocycles. The monoisotopic (exact) mass is 339 g/mol. The minimum absolute atomic E-state index is 0.0987. The summed E-state index contributed by atoms with van der Waals surface area (Å²) < 4.78 is 5.44.